The Morgan fingerprint density at radius 3 is 2.48 bits per heavy atom. The van der Waals surface area contributed by atoms with Crippen LogP contribution in [0.3, 0.4) is 0 Å². The van der Waals surface area contributed by atoms with Crippen LogP contribution in [0.2, 0.25) is 5.02 Å². The molecule has 0 aliphatic carbocycles. The molecule has 6 nitrogen and oxygen atoms in total. The Hall–Kier alpha value is -2.09. The number of benzene rings is 2. The van der Waals surface area contributed by atoms with Crippen LogP contribution in [0.25, 0.3) is 0 Å². The van der Waals surface area contributed by atoms with Crippen LogP contribution in [0.5, 0.6) is 5.75 Å². The Morgan fingerprint density at radius 2 is 1.84 bits per heavy atom. The van der Waals surface area contributed by atoms with E-state index < -0.39 is 22.5 Å². The van der Waals surface area contributed by atoms with Gasteiger partial charge in [-0.1, -0.05) is 23.7 Å². The fraction of sp³-hybridized carbons (Fsp3) is 0.235. The van der Waals surface area contributed by atoms with E-state index in [1.165, 1.54) is 31.3 Å². The summed E-state index contributed by atoms with van der Waals surface area (Å²) in [5, 5.41) is 0.430. The third-order valence-electron chi connectivity index (χ3n) is 3.41. The summed E-state index contributed by atoms with van der Waals surface area (Å²) in [6, 6.07) is 12.8. The van der Waals surface area contributed by atoms with E-state index in [9.17, 15) is 13.2 Å². The second kappa shape index (κ2) is 8.33. The van der Waals surface area contributed by atoms with Gasteiger partial charge in [0.25, 0.3) is 0 Å². The summed E-state index contributed by atoms with van der Waals surface area (Å²) in [5.74, 6) is -0.00107. The number of rotatable bonds is 7. The maximum Gasteiger partial charge on any atom is 0.321 e. The van der Waals surface area contributed by atoms with Crippen LogP contribution in [0.15, 0.2) is 53.4 Å². The lowest BCUT2D eigenvalue weighted by Crippen LogP contribution is -2.33. The Labute approximate surface area is 152 Å². The number of ether oxygens (including phenoxy) is 2. The van der Waals surface area contributed by atoms with Gasteiger partial charge in [-0.15, -0.1) is 0 Å². The molecule has 0 spiro atoms. The SMILES string of the molecule is COc1cccc(COC(=O)CN(C)S(=O)(=O)c2ccc(Cl)cc2)c1. The predicted octanol–water partition coefficient (Wildman–Crippen LogP) is 2.71. The maximum atomic E-state index is 12.4. The number of esters is 1. The molecule has 0 heterocycles. The van der Waals surface area contributed by atoms with E-state index in [2.05, 4.69) is 0 Å². The zero-order valence-corrected chi connectivity index (χ0v) is 15.4. The van der Waals surface area contributed by atoms with E-state index >= 15 is 0 Å². The van der Waals surface area contributed by atoms with Gasteiger partial charge in [-0.2, -0.15) is 4.31 Å². The van der Waals surface area contributed by atoms with Gasteiger partial charge in [-0.25, -0.2) is 8.42 Å². The van der Waals surface area contributed by atoms with Gasteiger partial charge in [0.15, 0.2) is 0 Å². The zero-order chi connectivity index (χ0) is 18.4. The molecule has 134 valence electrons. The molecule has 0 atom stereocenters. The highest BCUT2D eigenvalue weighted by atomic mass is 35.5. The summed E-state index contributed by atoms with van der Waals surface area (Å²) in [5.41, 5.74) is 0.746. The highest BCUT2D eigenvalue weighted by molar-refractivity contribution is 7.89. The van der Waals surface area contributed by atoms with Gasteiger partial charge in [0.1, 0.15) is 18.9 Å². The molecule has 0 amide bonds. The van der Waals surface area contributed by atoms with Crippen molar-refractivity contribution >= 4 is 27.6 Å². The first kappa shape index (κ1) is 19.2. The fourth-order valence-corrected chi connectivity index (χ4v) is 3.27. The molecule has 0 radical (unpaired) electrons. The van der Waals surface area contributed by atoms with Gasteiger partial charge >= 0.3 is 5.97 Å². The first-order valence-corrected chi connectivity index (χ1v) is 9.15. The minimum Gasteiger partial charge on any atom is -0.497 e. The van der Waals surface area contributed by atoms with Crippen molar-refractivity contribution in [3.63, 3.8) is 0 Å². The van der Waals surface area contributed by atoms with Crippen LogP contribution in [-0.2, 0) is 26.2 Å². The first-order chi connectivity index (χ1) is 11.8. The van der Waals surface area contributed by atoms with Crippen molar-refractivity contribution < 1.29 is 22.7 Å². The lowest BCUT2D eigenvalue weighted by molar-refractivity contribution is -0.144. The van der Waals surface area contributed by atoms with E-state index in [0.717, 1.165) is 9.87 Å². The van der Waals surface area contributed by atoms with Crippen LogP contribution in [-0.4, -0.2) is 39.4 Å². The highest BCUT2D eigenvalue weighted by Crippen LogP contribution is 2.18. The highest BCUT2D eigenvalue weighted by Gasteiger charge is 2.23. The van der Waals surface area contributed by atoms with E-state index in [1.807, 2.05) is 0 Å². The molecule has 0 unspecified atom stereocenters. The van der Waals surface area contributed by atoms with Crippen LogP contribution < -0.4 is 4.74 Å². The summed E-state index contributed by atoms with van der Waals surface area (Å²) >= 11 is 5.76. The van der Waals surface area contributed by atoms with Crippen molar-refractivity contribution in [2.75, 3.05) is 20.7 Å². The van der Waals surface area contributed by atoms with Crippen LogP contribution >= 0.6 is 11.6 Å². The fourth-order valence-electron chi connectivity index (χ4n) is 2.03. The number of carbonyl (C=O) groups excluding carboxylic acids is 1. The number of sulfonamides is 1. The van der Waals surface area contributed by atoms with E-state index in [0.29, 0.717) is 10.8 Å². The third kappa shape index (κ3) is 5.19. The van der Waals surface area contributed by atoms with Gasteiger partial charge in [0, 0.05) is 12.1 Å². The van der Waals surface area contributed by atoms with Crippen molar-refractivity contribution in [3.8, 4) is 5.75 Å². The molecular formula is C17H18ClNO5S. The van der Waals surface area contributed by atoms with E-state index in [4.69, 9.17) is 21.1 Å². The number of likely N-dealkylation sites (N-methyl/N-ethyl adjacent to an activating group) is 1. The average Bonchev–Trinajstić information content (AvgIpc) is 2.60. The van der Waals surface area contributed by atoms with Crippen molar-refractivity contribution in [1.82, 2.24) is 4.31 Å². The molecule has 2 rings (SSSR count). The van der Waals surface area contributed by atoms with Gasteiger partial charge in [0.05, 0.1) is 12.0 Å². The number of nitrogens with zero attached hydrogens (tertiary/aromatic N) is 1. The first-order valence-electron chi connectivity index (χ1n) is 7.33. The molecular weight excluding hydrogens is 366 g/mol. The number of halogens is 1. The Balaban J connectivity index is 1.96. The van der Waals surface area contributed by atoms with Crippen molar-refractivity contribution in [2.24, 2.45) is 0 Å². The smallest absolute Gasteiger partial charge is 0.321 e. The van der Waals surface area contributed by atoms with Crippen molar-refractivity contribution in [3.05, 3.63) is 59.1 Å². The lowest BCUT2D eigenvalue weighted by Gasteiger charge is -2.16. The van der Waals surface area contributed by atoms with Gasteiger partial charge in [-0.05, 0) is 42.0 Å². The molecule has 0 N–H and O–H groups in total. The number of hydrogen-bond donors (Lipinski definition) is 0. The zero-order valence-electron chi connectivity index (χ0n) is 13.8. The predicted molar refractivity (Wildman–Crippen MR) is 94.1 cm³/mol. The summed E-state index contributed by atoms with van der Waals surface area (Å²) in [4.78, 5) is 12.0. The largest absolute Gasteiger partial charge is 0.497 e. The molecule has 0 bridgehead atoms. The molecule has 0 aliphatic rings. The average molecular weight is 384 g/mol. The maximum absolute atomic E-state index is 12.4. The number of hydrogen-bond acceptors (Lipinski definition) is 5. The Bertz CT molecular complexity index is 836. The topological polar surface area (TPSA) is 72.9 Å². The second-order valence-corrected chi connectivity index (χ2v) is 7.71. The second-order valence-electron chi connectivity index (χ2n) is 5.23. The van der Waals surface area contributed by atoms with Crippen LogP contribution in [0.4, 0.5) is 0 Å². The minimum absolute atomic E-state index is 0.0326. The van der Waals surface area contributed by atoms with Gasteiger partial charge in [0.2, 0.25) is 10.0 Å². The monoisotopic (exact) mass is 383 g/mol. The quantitative estimate of drug-likeness (QED) is 0.687. The van der Waals surface area contributed by atoms with E-state index in [-0.39, 0.29) is 11.5 Å². The normalized spacial score (nSPS) is 11.4. The standard InChI is InChI=1S/C17H18ClNO5S/c1-19(25(21,22)16-8-6-14(18)7-9-16)11-17(20)24-12-13-4-3-5-15(10-13)23-2/h3-10H,11-12H2,1-2H3. The molecule has 0 saturated heterocycles. The summed E-state index contributed by atoms with van der Waals surface area (Å²) in [6.45, 7) is -0.361. The molecule has 2 aromatic carbocycles. The van der Waals surface area contributed by atoms with Gasteiger partial charge < -0.3 is 9.47 Å². The molecule has 8 heteroatoms. The minimum atomic E-state index is -3.79. The van der Waals surface area contributed by atoms with Crippen molar-refractivity contribution in [1.29, 1.82) is 0 Å². The molecule has 25 heavy (non-hydrogen) atoms. The third-order valence-corrected chi connectivity index (χ3v) is 5.48. The summed E-state index contributed by atoms with van der Waals surface area (Å²) in [6.07, 6.45) is 0. The molecule has 0 fully saturated rings. The van der Waals surface area contributed by atoms with Crippen LogP contribution in [0, 0.1) is 0 Å². The number of methoxy groups -OCH3 is 1. The molecule has 0 aliphatic heterocycles. The van der Waals surface area contributed by atoms with Crippen molar-refractivity contribution in [2.45, 2.75) is 11.5 Å². The summed E-state index contributed by atoms with van der Waals surface area (Å²) in [7, 11) is -0.931. The lowest BCUT2D eigenvalue weighted by atomic mass is 10.2. The Morgan fingerprint density at radius 1 is 1.16 bits per heavy atom. The Kier molecular flexibility index (Phi) is 6.41. The van der Waals surface area contributed by atoms with Crippen LogP contribution in [0.1, 0.15) is 5.56 Å². The van der Waals surface area contributed by atoms with Gasteiger partial charge in [-0.3, -0.25) is 4.79 Å². The molecule has 0 saturated carbocycles. The molecule has 0 aromatic heterocycles. The van der Waals surface area contributed by atoms with E-state index in [1.54, 1.807) is 31.4 Å². The molecule has 2 aromatic rings. The summed E-state index contributed by atoms with van der Waals surface area (Å²) < 4.78 is 35.9. The number of carbonyl (C=O) groups is 1.